The number of esters is 1. The van der Waals surface area contributed by atoms with Gasteiger partial charge in [0.05, 0.1) is 0 Å². The van der Waals surface area contributed by atoms with E-state index < -0.39 is 24.0 Å². The van der Waals surface area contributed by atoms with Crippen LogP contribution >= 0.6 is 0 Å². The minimum absolute atomic E-state index is 0.0751. The lowest BCUT2D eigenvalue weighted by Crippen LogP contribution is -2.51. The number of amides is 2. The second-order valence-electron chi connectivity index (χ2n) is 9.06. The van der Waals surface area contributed by atoms with Crippen LogP contribution in [0.15, 0.2) is 78.9 Å². The van der Waals surface area contributed by atoms with Gasteiger partial charge in [-0.25, -0.2) is 4.79 Å². The van der Waals surface area contributed by atoms with Crippen LogP contribution in [-0.2, 0) is 25.7 Å². The molecule has 2 N–H and O–H groups in total. The predicted molar refractivity (Wildman–Crippen MR) is 136 cm³/mol. The van der Waals surface area contributed by atoms with E-state index in [1.807, 2.05) is 80.6 Å². The van der Waals surface area contributed by atoms with Crippen molar-refractivity contribution in [3.8, 4) is 11.1 Å². The van der Waals surface area contributed by atoms with E-state index in [0.29, 0.717) is 0 Å². The molecular formula is C29H30N2O5. The van der Waals surface area contributed by atoms with Crippen molar-refractivity contribution >= 4 is 18.0 Å². The van der Waals surface area contributed by atoms with Gasteiger partial charge in [-0.15, -0.1) is 0 Å². The summed E-state index contributed by atoms with van der Waals surface area (Å²) in [6.45, 7) is 3.60. The molecule has 2 amide bonds. The summed E-state index contributed by atoms with van der Waals surface area (Å²) in [4.78, 5) is 37.4. The molecule has 0 fully saturated rings. The largest absolute Gasteiger partial charge is 0.460 e. The summed E-state index contributed by atoms with van der Waals surface area (Å²) in [6, 6.07) is 24.6. The molecule has 0 radical (unpaired) electrons. The zero-order valence-corrected chi connectivity index (χ0v) is 20.4. The van der Waals surface area contributed by atoms with Crippen molar-refractivity contribution in [1.29, 1.82) is 0 Å². The minimum Gasteiger partial charge on any atom is -0.460 e. The van der Waals surface area contributed by atoms with Crippen LogP contribution in [0, 0.1) is 5.92 Å². The maximum Gasteiger partial charge on any atom is 0.407 e. The van der Waals surface area contributed by atoms with Gasteiger partial charge in [-0.2, -0.15) is 0 Å². The van der Waals surface area contributed by atoms with Crippen LogP contribution in [0.4, 0.5) is 4.79 Å². The van der Waals surface area contributed by atoms with Gasteiger partial charge in [-0.3, -0.25) is 9.59 Å². The normalized spacial score (nSPS) is 12.9. The Morgan fingerprint density at radius 1 is 0.806 bits per heavy atom. The fourth-order valence-electron chi connectivity index (χ4n) is 4.36. The van der Waals surface area contributed by atoms with Crippen LogP contribution in [-0.4, -0.2) is 37.2 Å². The molecule has 3 aromatic carbocycles. The third kappa shape index (κ3) is 5.92. The first-order valence-corrected chi connectivity index (χ1v) is 12.0. The van der Waals surface area contributed by atoms with E-state index in [9.17, 15) is 14.4 Å². The quantitative estimate of drug-likeness (QED) is 0.437. The summed E-state index contributed by atoms with van der Waals surface area (Å²) >= 11 is 0. The average molecular weight is 487 g/mol. The number of ether oxygens (including phenoxy) is 2. The molecule has 4 rings (SSSR count). The van der Waals surface area contributed by atoms with E-state index in [-0.39, 0.29) is 31.6 Å². The first-order valence-electron chi connectivity index (χ1n) is 12.0. The number of benzene rings is 3. The lowest BCUT2D eigenvalue weighted by Gasteiger charge is -2.22. The maximum absolute atomic E-state index is 12.7. The number of hydrogen-bond donors (Lipinski definition) is 2. The van der Waals surface area contributed by atoms with Crippen LogP contribution in [0.5, 0.6) is 0 Å². The Morgan fingerprint density at radius 3 is 2.00 bits per heavy atom. The molecule has 1 atom stereocenters. The molecular weight excluding hydrogens is 456 g/mol. The van der Waals surface area contributed by atoms with E-state index in [1.165, 1.54) is 0 Å². The number of nitrogens with one attached hydrogen (secondary N) is 2. The average Bonchev–Trinajstić information content (AvgIpc) is 3.22. The zero-order valence-electron chi connectivity index (χ0n) is 20.4. The van der Waals surface area contributed by atoms with Crippen molar-refractivity contribution in [1.82, 2.24) is 10.6 Å². The fraction of sp³-hybridized carbons (Fsp3) is 0.276. The zero-order chi connectivity index (χ0) is 25.5. The molecule has 7 nitrogen and oxygen atoms in total. The monoisotopic (exact) mass is 486 g/mol. The lowest BCUT2D eigenvalue weighted by molar-refractivity contribution is -0.145. The standard InChI is InChI=1S/C29H30N2O5/c1-19(2)27(28(33)30-16-26(32)35-17-20-10-4-3-5-11-20)31-29(34)36-18-25-23-14-8-6-12-21(23)22-13-7-9-15-24(22)25/h3-15,19,25,27H,16-18H2,1-2H3,(H,30,33)(H,31,34)/t27-/m0/s1. The molecule has 3 aromatic rings. The van der Waals surface area contributed by atoms with Gasteiger partial charge in [-0.1, -0.05) is 92.7 Å². The molecule has 0 saturated heterocycles. The molecule has 0 bridgehead atoms. The highest BCUT2D eigenvalue weighted by Crippen LogP contribution is 2.44. The van der Waals surface area contributed by atoms with Gasteiger partial charge in [0, 0.05) is 5.92 Å². The number of fused-ring (bicyclic) bond motifs is 3. The molecule has 0 aromatic heterocycles. The molecule has 0 aliphatic heterocycles. The molecule has 0 heterocycles. The number of carbonyl (C=O) groups excluding carboxylic acids is 3. The third-order valence-electron chi connectivity index (χ3n) is 6.22. The molecule has 1 aliphatic carbocycles. The Balaban J connectivity index is 1.29. The Kier molecular flexibility index (Phi) is 8.00. The molecule has 7 heteroatoms. The Bertz CT molecular complexity index is 1180. The Labute approximate surface area is 210 Å². The summed E-state index contributed by atoms with van der Waals surface area (Å²) in [5.74, 6) is -1.33. The SMILES string of the molecule is CC(C)[C@H](NC(=O)OCC1c2ccccc2-c2ccccc21)C(=O)NCC(=O)OCc1ccccc1. The number of carbonyl (C=O) groups is 3. The summed E-state index contributed by atoms with van der Waals surface area (Å²) in [5, 5.41) is 5.19. The van der Waals surface area contributed by atoms with Crippen molar-refractivity contribution in [2.75, 3.05) is 13.2 Å². The summed E-state index contributed by atoms with van der Waals surface area (Å²) in [5.41, 5.74) is 5.35. The molecule has 1 aliphatic rings. The maximum atomic E-state index is 12.7. The molecule has 36 heavy (non-hydrogen) atoms. The van der Waals surface area contributed by atoms with E-state index >= 15 is 0 Å². The van der Waals surface area contributed by atoms with Gasteiger partial charge in [0.15, 0.2) is 0 Å². The molecule has 0 saturated carbocycles. The molecule has 186 valence electrons. The summed E-state index contributed by atoms with van der Waals surface area (Å²) in [6.07, 6.45) is -0.683. The minimum atomic E-state index is -0.859. The van der Waals surface area contributed by atoms with Crippen molar-refractivity contribution in [2.24, 2.45) is 5.92 Å². The molecule has 0 spiro atoms. The predicted octanol–water partition coefficient (Wildman–Crippen LogP) is 4.41. The summed E-state index contributed by atoms with van der Waals surface area (Å²) < 4.78 is 10.7. The highest BCUT2D eigenvalue weighted by Gasteiger charge is 2.30. The van der Waals surface area contributed by atoms with E-state index in [0.717, 1.165) is 27.8 Å². The van der Waals surface area contributed by atoms with Crippen molar-refractivity contribution in [3.63, 3.8) is 0 Å². The van der Waals surface area contributed by atoms with E-state index in [1.54, 1.807) is 0 Å². The molecule has 0 unspecified atom stereocenters. The van der Waals surface area contributed by atoms with Crippen LogP contribution in [0.2, 0.25) is 0 Å². The first kappa shape index (κ1) is 25.0. The first-order chi connectivity index (χ1) is 17.4. The number of rotatable bonds is 9. The van der Waals surface area contributed by atoms with Gasteiger partial charge in [0.2, 0.25) is 5.91 Å². The van der Waals surface area contributed by atoms with Crippen LogP contribution in [0.25, 0.3) is 11.1 Å². The Hall–Kier alpha value is -4.13. The van der Waals surface area contributed by atoms with Crippen LogP contribution in [0.1, 0.15) is 36.5 Å². The van der Waals surface area contributed by atoms with Crippen molar-refractivity contribution < 1.29 is 23.9 Å². The fourth-order valence-corrected chi connectivity index (χ4v) is 4.36. The van der Waals surface area contributed by atoms with Crippen LogP contribution < -0.4 is 10.6 Å². The van der Waals surface area contributed by atoms with E-state index in [4.69, 9.17) is 9.47 Å². The third-order valence-corrected chi connectivity index (χ3v) is 6.22. The highest BCUT2D eigenvalue weighted by molar-refractivity contribution is 5.88. The summed E-state index contributed by atoms with van der Waals surface area (Å²) in [7, 11) is 0. The number of hydrogen-bond acceptors (Lipinski definition) is 5. The van der Waals surface area contributed by atoms with E-state index in [2.05, 4.69) is 22.8 Å². The van der Waals surface area contributed by atoms with Gasteiger partial charge in [0.25, 0.3) is 0 Å². The lowest BCUT2D eigenvalue weighted by atomic mass is 9.98. The van der Waals surface area contributed by atoms with Gasteiger partial charge in [0.1, 0.15) is 25.8 Å². The van der Waals surface area contributed by atoms with Gasteiger partial charge in [-0.05, 0) is 33.7 Å². The number of alkyl carbamates (subject to hydrolysis) is 1. The van der Waals surface area contributed by atoms with Crippen molar-refractivity contribution in [3.05, 3.63) is 95.6 Å². The Morgan fingerprint density at radius 2 is 1.39 bits per heavy atom. The van der Waals surface area contributed by atoms with Gasteiger partial charge < -0.3 is 20.1 Å². The second kappa shape index (κ2) is 11.5. The second-order valence-corrected chi connectivity index (χ2v) is 9.06. The smallest absolute Gasteiger partial charge is 0.407 e. The van der Waals surface area contributed by atoms with Crippen molar-refractivity contribution in [2.45, 2.75) is 32.4 Å². The highest BCUT2D eigenvalue weighted by atomic mass is 16.5. The topological polar surface area (TPSA) is 93.7 Å². The van der Waals surface area contributed by atoms with Gasteiger partial charge >= 0.3 is 12.1 Å². The van der Waals surface area contributed by atoms with Crippen LogP contribution in [0.3, 0.4) is 0 Å².